The molecule has 3 aromatic carbocycles. The van der Waals surface area contributed by atoms with Gasteiger partial charge >= 0.3 is 0 Å². The lowest BCUT2D eigenvalue weighted by Gasteiger charge is -2.32. The van der Waals surface area contributed by atoms with Gasteiger partial charge in [0.1, 0.15) is 12.3 Å². The third-order valence-electron chi connectivity index (χ3n) is 6.00. The third-order valence-corrected chi connectivity index (χ3v) is 7.96. The fraction of sp³-hybridized carbons (Fsp3) is 0.304. The van der Waals surface area contributed by atoms with Gasteiger partial charge in [-0.1, -0.05) is 24.3 Å². The number of fused-ring (bicyclic) bond motifs is 2. The van der Waals surface area contributed by atoms with Crippen LogP contribution in [-0.2, 0) is 16.6 Å². The number of hydrogen-bond donors (Lipinski definition) is 1. The minimum absolute atomic E-state index is 0.266. The van der Waals surface area contributed by atoms with E-state index in [0.717, 1.165) is 42.1 Å². The van der Waals surface area contributed by atoms with E-state index in [1.54, 1.807) is 23.5 Å². The Balaban J connectivity index is 1.32. The average Bonchev–Trinajstić information content (AvgIpc) is 3.26. The first-order chi connectivity index (χ1) is 15.1. The van der Waals surface area contributed by atoms with Gasteiger partial charge < -0.3 is 19.1 Å². The Morgan fingerprint density at radius 3 is 2.48 bits per heavy atom. The molecule has 0 radical (unpaired) electrons. The fourth-order valence-corrected chi connectivity index (χ4v) is 5.98. The molecule has 5 rings (SSSR count). The van der Waals surface area contributed by atoms with Crippen LogP contribution in [0.25, 0.3) is 10.8 Å². The number of methoxy groups -OCH3 is 1. The number of benzene rings is 3. The lowest BCUT2D eigenvalue weighted by molar-refractivity contribution is -0.917. The van der Waals surface area contributed by atoms with Crippen LogP contribution in [0.2, 0.25) is 0 Å². The molecule has 1 fully saturated rings. The van der Waals surface area contributed by atoms with Crippen molar-refractivity contribution in [2.75, 3.05) is 40.1 Å². The number of piperazine rings is 1. The lowest BCUT2D eigenvalue weighted by atomic mass is 10.1. The van der Waals surface area contributed by atoms with E-state index in [9.17, 15) is 8.42 Å². The summed E-state index contributed by atoms with van der Waals surface area (Å²) >= 11 is 0. The maximum Gasteiger partial charge on any atom is 0.244 e. The quantitative estimate of drug-likeness (QED) is 0.652. The highest BCUT2D eigenvalue weighted by molar-refractivity contribution is 7.89. The van der Waals surface area contributed by atoms with E-state index >= 15 is 0 Å². The van der Waals surface area contributed by atoms with Crippen LogP contribution >= 0.6 is 0 Å². The molecule has 31 heavy (non-hydrogen) atoms. The molecule has 8 heteroatoms. The molecule has 0 saturated carbocycles. The first kappa shape index (κ1) is 20.1. The van der Waals surface area contributed by atoms with Gasteiger partial charge in [-0.15, -0.1) is 0 Å². The molecule has 1 saturated heterocycles. The molecule has 2 aliphatic rings. The summed E-state index contributed by atoms with van der Waals surface area (Å²) in [5.74, 6) is 2.23. The molecular formula is C23H25N2O5S+. The normalized spacial score (nSPS) is 17.2. The monoisotopic (exact) mass is 441 g/mol. The molecule has 0 aliphatic carbocycles. The van der Waals surface area contributed by atoms with Gasteiger partial charge in [-0.3, -0.25) is 0 Å². The van der Waals surface area contributed by atoms with E-state index in [-0.39, 0.29) is 6.79 Å². The number of rotatable bonds is 5. The van der Waals surface area contributed by atoms with E-state index in [2.05, 4.69) is 0 Å². The van der Waals surface area contributed by atoms with Gasteiger partial charge in [-0.05, 0) is 30.3 Å². The van der Waals surface area contributed by atoms with Gasteiger partial charge in [-0.25, -0.2) is 8.42 Å². The van der Waals surface area contributed by atoms with Crippen molar-refractivity contribution in [2.24, 2.45) is 0 Å². The number of nitrogens with zero attached hydrogens (tertiary/aromatic N) is 1. The largest absolute Gasteiger partial charge is 0.496 e. The highest BCUT2D eigenvalue weighted by Gasteiger charge is 2.32. The zero-order valence-corrected chi connectivity index (χ0v) is 18.2. The zero-order valence-electron chi connectivity index (χ0n) is 17.3. The lowest BCUT2D eigenvalue weighted by Crippen LogP contribution is -3.13. The van der Waals surface area contributed by atoms with Crippen molar-refractivity contribution < 1.29 is 27.5 Å². The second kappa shape index (κ2) is 8.03. The highest BCUT2D eigenvalue weighted by Crippen LogP contribution is 2.33. The topological polar surface area (TPSA) is 69.5 Å². The van der Waals surface area contributed by atoms with Crippen LogP contribution in [0.5, 0.6) is 17.2 Å². The second-order valence-electron chi connectivity index (χ2n) is 7.83. The van der Waals surface area contributed by atoms with Gasteiger partial charge in [0, 0.05) is 16.3 Å². The van der Waals surface area contributed by atoms with Crippen LogP contribution in [0.3, 0.4) is 0 Å². The molecule has 0 bridgehead atoms. The van der Waals surface area contributed by atoms with Gasteiger partial charge in [-0.2, -0.15) is 4.31 Å². The summed E-state index contributed by atoms with van der Waals surface area (Å²) in [5.41, 5.74) is 1.16. The Morgan fingerprint density at radius 1 is 0.968 bits per heavy atom. The zero-order chi connectivity index (χ0) is 21.4. The highest BCUT2D eigenvalue weighted by atomic mass is 32.2. The van der Waals surface area contributed by atoms with Gasteiger partial charge in [0.25, 0.3) is 0 Å². The maximum absolute atomic E-state index is 13.4. The Kier molecular flexibility index (Phi) is 5.21. The van der Waals surface area contributed by atoms with Crippen molar-refractivity contribution in [2.45, 2.75) is 11.4 Å². The Hall–Kier alpha value is -2.81. The minimum Gasteiger partial charge on any atom is -0.496 e. The van der Waals surface area contributed by atoms with E-state index in [1.807, 2.05) is 42.5 Å². The predicted octanol–water partition coefficient (Wildman–Crippen LogP) is 1.67. The van der Waals surface area contributed by atoms with E-state index < -0.39 is 10.0 Å². The molecule has 162 valence electrons. The second-order valence-corrected chi connectivity index (χ2v) is 9.74. The van der Waals surface area contributed by atoms with Crippen molar-refractivity contribution in [1.29, 1.82) is 0 Å². The van der Waals surface area contributed by atoms with Crippen molar-refractivity contribution in [1.82, 2.24) is 4.31 Å². The van der Waals surface area contributed by atoms with E-state index in [0.29, 0.717) is 29.1 Å². The van der Waals surface area contributed by atoms with Crippen molar-refractivity contribution in [3.63, 3.8) is 0 Å². The third kappa shape index (κ3) is 3.71. The summed E-state index contributed by atoms with van der Waals surface area (Å²) in [5, 5.41) is 1.50. The Morgan fingerprint density at radius 2 is 1.71 bits per heavy atom. The molecular weight excluding hydrogens is 416 g/mol. The van der Waals surface area contributed by atoms with Crippen molar-refractivity contribution in [3.05, 3.63) is 60.2 Å². The first-order valence-electron chi connectivity index (χ1n) is 10.3. The molecule has 1 N–H and O–H groups in total. The molecule has 2 aliphatic heterocycles. The molecule has 3 aromatic rings. The number of quaternary nitrogens is 1. The number of ether oxygens (including phenoxy) is 3. The maximum atomic E-state index is 13.4. The van der Waals surface area contributed by atoms with Crippen LogP contribution in [0.1, 0.15) is 5.56 Å². The molecule has 7 nitrogen and oxygen atoms in total. The Labute approximate surface area is 181 Å². The van der Waals surface area contributed by atoms with E-state index in [4.69, 9.17) is 14.2 Å². The summed E-state index contributed by atoms with van der Waals surface area (Å²) in [7, 11) is -1.99. The number of hydrogen-bond acceptors (Lipinski definition) is 5. The van der Waals surface area contributed by atoms with Crippen molar-refractivity contribution >= 4 is 20.8 Å². The van der Waals surface area contributed by atoms with Crippen LogP contribution in [0.4, 0.5) is 0 Å². The number of sulfonamides is 1. The van der Waals surface area contributed by atoms with Crippen LogP contribution in [-0.4, -0.2) is 52.8 Å². The van der Waals surface area contributed by atoms with E-state index in [1.165, 1.54) is 4.90 Å². The summed E-state index contributed by atoms with van der Waals surface area (Å²) in [6, 6.07) is 16.9. The molecule has 2 heterocycles. The fourth-order valence-electron chi connectivity index (χ4n) is 4.34. The summed E-state index contributed by atoms with van der Waals surface area (Å²) in [4.78, 5) is 1.69. The molecule has 0 aromatic heterocycles. The standard InChI is InChI=1S/C23H24N2O5S/c1-28-20-8-9-23(19-5-3-2-4-18(19)20)31(26,27)25-12-10-24(11-13-25)15-17-6-7-21-22(14-17)30-16-29-21/h2-9,14H,10-13,15-16H2,1H3/p+1. The summed E-state index contributed by atoms with van der Waals surface area (Å²) < 4.78 is 44.7. The van der Waals surface area contributed by atoms with Gasteiger partial charge in [0.15, 0.2) is 11.5 Å². The molecule has 0 amide bonds. The summed E-state index contributed by atoms with van der Waals surface area (Å²) in [6.45, 7) is 3.58. The smallest absolute Gasteiger partial charge is 0.244 e. The summed E-state index contributed by atoms with van der Waals surface area (Å²) in [6.07, 6.45) is 0. The first-order valence-corrected chi connectivity index (χ1v) is 11.8. The molecule has 0 unspecified atom stereocenters. The number of nitrogens with one attached hydrogen (secondary N) is 1. The predicted molar refractivity (Wildman–Crippen MR) is 116 cm³/mol. The Bertz CT molecular complexity index is 1220. The minimum atomic E-state index is -3.59. The molecule has 0 atom stereocenters. The van der Waals surface area contributed by atoms with Gasteiger partial charge in [0.05, 0.1) is 38.2 Å². The SMILES string of the molecule is COc1ccc(S(=O)(=O)N2CC[NH+](Cc3ccc4c(c3)OCO4)CC2)c2ccccc12. The molecule has 0 spiro atoms. The van der Waals surface area contributed by atoms with Crippen LogP contribution in [0.15, 0.2) is 59.5 Å². The van der Waals surface area contributed by atoms with Gasteiger partial charge in [0.2, 0.25) is 16.8 Å². The van der Waals surface area contributed by atoms with Crippen LogP contribution < -0.4 is 19.1 Å². The average molecular weight is 442 g/mol. The van der Waals surface area contributed by atoms with Crippen molar-refractivity contribution in [3.8, 4) is 17.2 Å². The van der Waals surface area contributed by atoms with Crippen LogP contribution in [0, 0.1) is 0 Å².